The molecule has 1 rings (SSSR count). The van der Waals surface area contributed by atoms with Gasteiger partial charge in [-0.3, -0.25) is 10.1 Å². The molecule has 0 bridgehead atoms. The molecule has 18 heavy (non-hydrogen) atoms. The Labute approximate surface area is 113 Å². The molecule has 1 N–H and O–H groups in total. The fraction of sp³-hybridized carbons (Fsp3) is 0.500. The van der Waals surface area contributed by atoms with Crippen LogP contribution in [0.15, 0.2) is 24.3 Å². The van der Waals surface area contributed by atoms with E-state index in [1.54, 1.807) is 0 Å². The average molecular weight is 270 g/mol. The zero-order valence-corrected chi connectivity index (χ0v) is 12.0. The first-order valence-electron chi connectivity index (χ1n) is 6.05. The highest BCUT2D eigenvalue weighted by molar-refractivity contribution is 6.30. The summed E-state index contributed by atoms with van der Waals surface area (Å²) in [5.74, 6) is -0.0574. The van der Waals surface area contributed by atoms with Crippen molar-refractivity contribution >= 4 is 17.6 Å². The van der Waals surface area contributed by atoms with Crippen molar-refractivity contribution in [1.29, 1.82) is 0 Å². The summed E-state index contributed by atoms with van der Waals surface area (Å²) >= 11 is 5.85. The standard InChI is InChI=1S/C14H20ClNO2/c1-9(2)13(14(17)18-4)16-10(3)11-5-7-12(15)8-6-11/h5-10,13,16H,1-4H3. The predicted molar refractivity (Wildman–Crippen MR) is 73.6 cm³/mol. The van der Waals surface area contributed by atoms with Crippen molar-refractivity contribution in [2.75, 3.05) is 7.11 Å². The van der Waals surface area contributed by atoms with Gasteiger partial charge in [0, 0.05) is 11.1 Å². The third-order valence-corrected chi connectivity index (χ3v) is 3.17. The zero-order valence-electron chi connectivity index (χ0n) is 11.2. The Kier molecular flexibility index (Phi) is 5.63. The normalized spacial score (nSPS) is 14.3. The highest BCUT2D eigenvalue weighted by Gasteiger charge is 2.24. The minimum atomic E-state index is -0.305. The van der Waals surface area contributed by atoms with E-state index in [1.807, 2.05) is 45.0 Å². The molecule has 0 aromatic heterocycles. The lowest BCUT2D eigenvalue weighted by Gasteiger charge is -2.24. The lowest BCUT2D eigenvalue weighted by molar-refractivity contribution is -0.144. The second kappa shape index (κ2) is 6.76. The molecule has 0 heterocycles. The molecule has 0 saturated carbocycles. The summed E-state index contributed by atoms with van der Waals surface area (Å²) < 4.78 is 4.81. The van der Waals surface area contributed by atoms with Crippen molar-refractivity contribution < 1.29 is 9.53 Å². The summed E-state index contributed by atoms with van der Waals surface area (Å²) in [4.78, 5) is 11.7. The number of methoxy groups -OCH3 is 1. The average Bonchev–Trinajstić information content (AvgIpc) is 2.35. The van der Waals surface area contributed by atoms with E-state index in [0.717, 1.165) is 5.56 Å². The molecule has 3 nitrogen and oxygen atoms in total. The number of rotatable bonds is 5. The van der Waals surface area contributed by atoms with Crippen LogP contribution in [0.25, 0.3) is 0 Å². The Morgan fingerprint density at radius 3 is 2.22 bits per heavy atom. The second-order valence-corrected chi connectivity index (χ2v) is 5.12. The first-order valence-corrected chi connectivity index (χ1v) is 6.42. The van der Waals surface area contributed by atoms with Crippen LogP contribution in [-0.4, -0.2) is 19.1 Å². The van der Waals surface area contributed by atoms with Gasteiger partial charge in [0.25, 0.3) is 0 Å². The fourth-order valence-corrected chi connectivity index (χ4v) is 1.90. The monoisotopic (exact) mass is 269 g/mol. The highest BCUT2D eigenvalue weighted by atomic mass is 35.5. The SMILES string of the molecule is COC(=O)C(NC(C)c1ccc(Cl)cc1)C(C)C. The summed E-state index contributed by atoms with van der Waals surface area (Å²) in [6.07, 6.45) is 0. The van der Waals surface area contributed by atoms with E-state index >= 15 is 0 Å². The molecule has 0 aliphatic heterocycles. The van der Waals surface area contributed by atoms with Gasteiger partial charge in [0.1, 0.15) is 6.04 Å². The minimum Gasteiger partial charge on any atom is -0.468 e. The summed E-state index contributed by atoms with van der Waals surface area (Å²) in [5.41, 5.74) is 1.09. The van der Waals surface area contributed by atoms with E-state index in [2.05, 4.69) is 5.32 Å². The number of esters is 1. The van der Waals surface area contributed by atoms with E-state index in [-0.39, 0.29) is 24.0 Å². The number of carbonyl (C=O) groups excluding carboxylic acids is 1. The third kappa shape index (κ3) is 4.00. The lowest BCUT2D eigenvalue weighted by atomic mass is 10.0. The Morgan fingerprint density at radius 1 is 1.22 bits per heavy atom. The number of hydrogen-bond acceptors (Lipinski definition) is 3. The first kappa shape index (κ1) is 15.0. The first-order chi connectivity index (χ1) is 8.45. The van der Waals surface area contributed by atoms with Gasteiger partial charge in [-0.25, -0.2) is 0 Å². The molecule has 0 aliphatic carbocycles. The van der Waals surface area contributed by atoms with Crippen molar-refractivity contribution in [3.8, 4) is 0 Å². The van der Waals surface area contributed by atoms with Crippen LogP contribution in [0.4, 0.5) is 0 Å². The van der Waals surface area contributed by atoms with E-state index < -0.39 is 0 Å². The largest absolute Gasteiger partial charge is 0.468 e. The Bertz CT molecular complexity index is 389. The fourth-order valence-electron chi connectivity index (χ4n) is 1.78. The van der Waals surface area contributed by atoms with Crippen LogP contribution in [0.1, 0.15) is 32.4 Å². The van der Waals surface area contributed by atoms with Crippen molar-refractivity contribution in [2.45, 2.75) is 32.9 Å². The van der Waals surface area contributed by atoms with Crippen LogP contribution in [0.2, 0.25) is 5.02 Å². The molecule has 0 fully saturated rings. The molecule has 0 spiro atoms. The minimum absolute atomic E-state index is 0.0637. The van der Waals surface area contributed by atoms with Gasteiger partial charge < -0.3 is 4.74 Å². The molecule has 1 aromatic carbocycles. The highest BCUT2D eigenvalue weighted by Crippen LogP contribution is 2.18. The Hall–Kier alpha value is -1.06. The van der Waals surface area contributed by atoms with Crippen LogP contribution in [0, 0.1) is 5.92 Å². The number of hydrogen-bond donors (Lipinski definition) is 1. The van der Waals surface area contributed by atoms with E-state index in [0.29, 0.717) is 5.02 Å². The Balaban J connectivity index is 2.75. The quantitative estimate of drug-likeness (QED) is 0.835. The topological polar surface area (TPSA) is 38.3 Å². The number of carbonyl (C=O) groups is 1. The number of halogens is 1. The van der Waals surface area contributed by atoms with Crippen molar-refractivity contribution in [1.82, 2.24) is 5.32 Å². The molecule has 2 atom stereocenters. The lowest BCUT2D eigenvalue weighted by Crippen LogP contribution is -2.42. The maximum Gasteiger partial charge on any atom is 0.323 e. The molecule has 0 amide bonds. The molecule has 100 valence electrons. The van der Waals surface area contributed by atoms with E-state index in [1.165, 1.54) is 7.11 Å². The van der Waals surface area contributed by atoms with E-state index in [4.69, 9.17) is 16.3 Å². The maximum absolute atomic E-state index is 11.7. The molecular weight excluding hydrogens is 250 g/mol. The summed E-state index contributed by atoms with van der Waals surface area (Å²) in [6, 6.07) is 7.35. The maximum atomic E-state index is 11.7. The molecule has 1 aromatic rings. The van der Waals surface area contributed by atoms with Crippen LogP contribution in [-0.2, 0) is 9.53 Å². The molecule has 4 heteroatoms. The van der Waals surface area contributed by atoms with Crippen molar-refractivity contribution in [3.63, 3.8) is 0 Å². The third-order valence-electron chi connectivity index (χ3n) is 2.92. The van der Waals surface area contributed by atoms with Gasteiger partial charge in [-0.1, -0.05) is 37.6 Å². The van der Waals surface area contributed by atoms with Gasteiger partial charge in [-0.15, -0.1) is 0 Å². The van der Waals surface area contributed by atoms with Gasteiger partial charge in [0.2, 0.25) is 0 Å². The van der Waals surface area contributed by atoms with Crippen molar-refractivity contribution in [3.05, 3.63) is 34.9 Å². The summed E-state index contributed by atoms with van der Waals surface area (Å²) in [7, 11) is 1.41. The Morgan fingerprint density at radius 2 is 1.78 bits per heavy atom. The number of benzene rings is 1. The molecule has 0 radical (unpaired) electrons. The smallest absolute Gasteiger partial charge is 0.323 e. The van der Waals surface area contributed by atoms with Gasteiger partial charge in [0.15, 0.2) is 0 Å². The summed E-state index contributed by atoms with van der Waals surface area (Å²) in [5, 5.41) is 3.99. The van der Waals surface area contributed by atoms with Gasteiger partial charge in [0.05, 0.1) is 7.11 Å². The van der Waals surface area contributed by atoms with Crippen LogP contribution >= 0.6 is 11.6 Å². The van der Waals surface area contributed by atoms with Gasteiger partial charge in [-0.2, -0.15) is 0 Å². The number of ether oxygens (including phenoxy) is 1. The zero-order chi connectivity index (χ0) is 13.7. The van der Waals surface area contributed by atoms with Crippen molar-refractivity contribution in [2.24, 2.45) is 5.92 Å². The molecule has 0 aliphatic rings. The molecule has 2 unspecified atom stereocenters. The predicted octanol–water partition coefficient (Wildman–Crippen LogP) is 3.19. The second-order valence-electron chi connectivity index (χ2n) is 4.68. The number of nitrogens with one attached hydrogen (secondary N) is 1. The van der Waals surface area contributed by atoms with E-state index in [9.17, 15) is 4.79 Å². The van der Waals surface area contributed by atoms with Crippen LogP contribution in [0.5, 0.6) is 0 Å². The van der Waals surface area contributed by atoms with Crippen LogP contribution < -0.4 is 5.32 Å². The molecular formula is C14H20ClNO2. The molecule has 0 saturated heterocycles. The van der Waals surface area contributed by atoms with Crippen LogP contribution in [0.3, 0.4) is 0 Å². The van der Waals surface area contributed by atoms with Gasteiger partial charge in [-0.05, 0) is 30.5 Å². The van der Waals surface area contributed by atoms with Gasteiger partial charge >= 0.3 is 5.97 Å². The summed E-state index contributed by atoms with van der Waals surface area (Å²) in [6.45, 7) is 5.99.